The van der Waals surface area contributed by atoms with Crippen molar-refractivity contribution in [1.82, 2.24) is 0 Å². The van der Waals surface area contributed by atoms with Gasteiger partial charge >= 0.3 is 0 Å². The number of hydrogen-bond donors (Lipinski definition) is 1. The number of aryl methyl sites for hydroxylation is 1. The van der Waals surface area contributed by atoms with Gasteiger partial charge < -0.3 is 5.11 Å². The number of hydrogen-bond acceptors (Lipinski definition) is 1. The van der Waals surface area contributed by atoms with Crippen LogP contribution < -0.4 is 0 Å². The number of benzene rings is 2. The lowest BCUT2D eigenvalue weighted by Crippen LogP contribution is -2.04. The van der Waals surface area contributed by atoms with Crippen LogP contribution in [0.25, 0.3) is 0 Å². The Bertz CT molecular complexity index is 578. The van der Waals surface area contributed by atoms with Gasteiger partial charge in [0.1, 0.15) is 11.6 Å². The van der Waals surface area contributed by atoms with Gasteiger partial charge in [-0.3, -0.25) is 0 Å². The molecule has 0 aromatic heterocycles. The third kappa shape index (κ3) is 3.61. The Labute approximate surface area is 119 Å². The molecule has 2 rings (SSSR count). The molecule has 0 spiro atoms. The molecule has 0 heterocycles. The van der Waals surface area contributed by atoms with E-state index in [2.05, 4.69) is 15.9 Å². The predicted octanol–water partition coefficient (Wildman–Crippen LogP) is 4.31. The second-order valence-corrected chi connectivity index (χ2v) is 5.43. The van der Waals surface area contributed by atoms with E-state index >= 15 is 0 Å². The second-order valence-electron chi connectivity index (χ2n) is 4.52. The molecule has 19 heavy (non-hydrogen) atoms. The first-order chi connectivity index (χ1) is 8.95. The van der Waals surface area contributed by atoms with Crippen molar-refractivity contribution in [2.75, 3.05) is 0 Å². The maximum atomic E-state index is 13.5. The van der Waals surface area contributed by atoms with Gasteiger partial charge in [0, 0.05) is 10.9 Å². The standard InChI is InChI=1S/C15H13BrF2O/c1-9-4-11(6-12(16)5-9)15(19)8-10-7-13(17)2-3-14(10)18/h2-7,15,19H,8H2,1H3. The first-order valence-corrected chi connectivity index (χ1v) is 6.64. The van der Waals surface area contributed by atoms with Crippen molar-refractivity contribution in [2.45, 2.75) is 19.4 Å². The third-order valence-corrected chi connectivity index (χ3v) is 3.33. The minimum atomic E-state index is -0.868. The van der Waals surface area contributed by atoms with E-state index in [1.54, 1.807) is 6.07 Å². The summed E-state index contributed by atoms with van der Waals surface area (Å²) in [6, 6.07) is 8.77. The molecule has 1 unspecified atom stereocenters. The first kappa shape index (κ1) is 14.2. The molecule has 1 N–H and O–H groups in total. The van der Waals surface area contributed by atoms with Crippen LogP contribution in [0.5, 0.6) is 0 Å². The van der Waals surface area contributed by atoms with Gasteiger partial charge in [0.15, 0.2) is 0 Å². The van der Waals surface area contributed by atoms with Gasteiger partial charge in [0.05, 0.1) is 6.10 Å². The van der Waals surface area contributed by atoms with E-state index in [0.717, 1.165) is 28.2 Å². The third-order valence-electron chi connectivity index (χ3n) is 2.87. The van der Waals surface area contributed by atoms with Crippen LogP contribution in [0.3, 0.4) is 0 Å². The highest BCUT2D eigenvalue weighted by atomic mass is 79.9. The van der Waals surface area contributed by atoms with Crippen LogP contribution in [0.2, 0.25) is 0 Å². The fourth-order valence-corrected chi connectivity index (χ4v) is 2.61. The zero-order valence-electron chi connectivity index (χ0n) is 10.3. The zero-order valence-corrected chi connectivity index (χ0v) is 11.9. The van der Waals surface area contributed by atoms with E-state index in [-0.39, 0.29) is 12.0 Å². The molecule has 2 aromatic rings. The van der Waals surface area contributed by atoms with Crippen molar-refractivity contribution in [2.24, 2.45) is 0 Å². The van der Waals surface area contributed by atoms with Crippen LogP contribution in [0.4, 0.5) is 8.78 Å². The fraction of sp³-hybridized carbons (Fsp3) is 0.200. The largest absolute Gasteiger partial charge is 0.388 e. The minimum Gasteiger partial charge on any atom is -0.388 e. The molecule has 0 aliphatic heterocycles. The monoisotopic (exact) mass is 326 g/mol. The lowest BCUT2D eigenvalue weighted by Gasteiger charge is -2.13. The normalized spacial score (nSPS) is 12.5. The van der Waals surface area contributed by atoms with Crippen molar-refractivity contribution in [3.05, 3.63) is 69.2 Å². The van der Waals surface area contributed by atoms with Crippen molar-refractivity contribution < 1.29 is 13.9 Å². The molecule has 0 saturated heterocycles. The molecule has 2 aromatic carbocycles. The Balaban J connectivity index is 2.25. The smallest absolute Gasteiger partial charge is 0.126 e. The Kier molecular flexibility index (Phi) is 4.32. The molecule has 1 atom stereocenters. The number of rotatable bonds is 3. The van der Waals surface area contributed by atoms with Crippen LogP contribution >= 0.6 is 15.9 Å². The van der Waals surface area contributed by atoms with E-state index in [1.165, 1.54) is 0 Å². The topological polar surface area (TPSA) is 20.2 Å². The van der Waals surface area contributed by atoms with E-state index in [1.807, 2.05) is 19.1 Å². The molecule has 4 heteroatoms. The van der Waals surface area contributed by atoms with E-state index in [9.17, 15) is 13.9 Å². The van der Waals surface area contributed by atoms with E-state index in [4.69, 9.17) is 0 Å². The summed E-state index contributed by atoms with van der Waals surface area (Å²) in [7, 11) is 0. The Morgan fingerprint density at radius 2 is 1.89 bits per heavy atom. The second kappa shape index (κ2) is 5.80. The highest BCUT2D eigenvalue weighted by molar-refractivity contribution is 9.10. The molecular formula is C15H13BrF2O. The highest BCUT2D eigenvalue weighted by Gasteiger charge is 2.13. The molecule has 0 aliphatic rings. The van der Waals surface area contributed by atoms with Gasteiger partial charge in [-0.1, -0.05) is 22.0 Å². The van der Waals surface area contributed by atoms with Crippen LogP contribution in [-0.2, 0) is 6.42 Å². The first-order valence-electron chi connectivity index (χ1n) is 5.85. The van der Waals surface area contributed by atoms with Crippen LogP contribution in [0.15, 0.2) is 40.9 Å². The van der Waals surface area contributed by atoms with Crippen LogP contribution in [-0.4, -0.2) is 5.11 Å². The number of halogens is 3. The van der Waals surface area contributed by atoms with Crippen LogP contribution in [0.1, 0.15) is 22.8 Å². The maximum Gasteiger partial charge on any atom is 0.126 e. The number of aliphatic hydroxyl groups is 1. The predicted molar refractivity (Wildman–Crippen MR) is 73.9 cm³/mol. The minimum absolute atomic E-state index is 0.0412. The van der Waals surface area contributed by atoms with E-state index in [0.29, 0.717) is 5.56 Å². The molecule has 0 aliphatic carbocycles. The molecule has 0 amide bonds. The van der Waals surface area contributed by atoms with Gasteiger partial charge in [0.2, 0.25) is 0 Å². The number of aliphatic hydroxyl groups excluding tert-OH is 1. The Hall–Kier alpha value is -1.26. The molecular weight excluding hydrogens is 314 g/mol. The summed E-state index contributed by atoms with van der Waals surface area (Å²) in [6.07, 6.45) is -0.827. The van der Waals surface area contributed by atoms with Gasteiger partial charge in [-0.15, -0.1) is 0 Å². The van der Waals surface area contributed by atoms with Crippen molar-refractivity contribution in [3.8, 4) is 0 Å². The molecule has 0 fully saturated rings. The van der Waals surface area contributed by atoms with Gasteiger partial charge in [0.25, 0.3) is 0 Å². The van der Waals surface area contributed by atoms with Crippen molar-refractivity contribution >= 4 is 15.9 Å². The quantitative estimate of drug-likeness (QED) is 0.891. The fourth-order valence-electron chi connectivity index (χ4n) is 1.98. The average molecular weight is 327 g/mol. The molecule has 1 nitrogen and oxygen atoms in total. The summed E-state index contributed by atoms with van der Waals surface area (Å²) in [4.78, 5) is 0. The summed E-state index contributed by atoms with van der Waals surface area (Å²) in [6.45, 7) is 1.91. The maximum absolute atomic E-state index is 13.5. The lowest BCUT2D eigenvalue weighted by atomic mass is 9.99. The Morgan fingerprint density at radius 3 is 2.58 bits per heavy atom. The van der Waals surface area contributed by atoms with Gasteiger partial charge in [-0.2, -0.15) is 0 Å². The summed E-state index contributed by atoms with van der Waals surface area (Å²) < 4.78 is 27.4. The van der Waals surface area contributed by atoms with Crippen molar-refractivity contribution in [3.63, 3.8) is 0 Å². The van der Waals surface area contributed by atoms with E-state index < -0.39 is 17.7 Å². The molecule has 0 bridgehead atoms. The SMILES string of the molecule is Cc1cc(Br)cc(C(O)Cc2cc(F)ccc2F)c1. The van der Waals surface area contributed by atoms with Gasteiger partial charge in [-0.25, -0.2) is 8.78 Å². The lowest BCUT2D eigenvalue weighted by molar-refractivity contribution is 0.177. The Morgan fingerprint density at radius 1 is 1.16 bits per heavy atom. The van der Waals surface area contributed by atoms with Crippen molar-refractivity contribution in [1.29, 1.82) is 0 Å². The molecule has 0 radical (unpaired) electrons. The van der Waals surface area contributed by atoms with Gasteiger partial charge in [-0.05, 0) is 53.9 Å². The molecule has 0 saturated carbocycles. The summed E-state index contributed by atoms with van der Waals surface area (Å²) in [5.74, 6) is -1.01. The summed E-state index contributed by atoms with van der Waals surface area (Å²) in [5, 5.41) is 10.1. The molecule has 100 valence electrons. The zero-order chi connectivity index (χ0) is 14.0. The van der Waals surface area contributed by atoms with Crippen LogP contribution in [0, 0.1) is 18.6 Å². The highest BCUT2D eigenvalue weighted by Crippen LogP contribution is 2.24. The average Bonchev–Trinajstić information content (AvgIpc) is 2.32. The summed E-state index contributed by atoms with van der Waals surface area (Å²) >= 11 is 3.35. The summed E-state index contributed by atoms with van der Waals surface area (Å²) in [5.41, 5.74) is 1.84.